The van der Waals surface area contributed by atoms with Crippen LogP contribution in [0.25, 0.3) is 5.69 Å². The molecule has 1 aromatic carbocycles. The summed E-state index contributed by atoms with van der Waals surface area (Å²) in [7, 11) is -3.65. The van der Waals surface area contributed by atoms with Crippen LogP contribution in [0, 0.1) is 13.8 Å². The molecule has 0 saturated carbocycles. The summed E-state index contributed by atoms with van der Waals surface area (Å²) in [6, 6.07) is 7.43. The minimum Gasteiger partial charge on any atom is -0.379 e. The molecule has 1 aromatic heterocycles. The minimum absolute atomic E-state index is 0.132. The van der Waals surface area contributed by atoms with Crippen LogP contribution in [-0.4, -0.2) is 83.9 Å². The smallest absolute Gasteiger partial charge is 0.259 e. The van der Waals surface area contributed by atoms with Crippen LogP contribution in [0.1, 0.15) is 29.8 Å². The molecular formula is C24H29N5O4S3. The number of benzene rings is 1. The summed E-state index contributed by atoms with van der Waals surface area (Å²) in [6.45, 7) is 7.33. The number of thiocarbonyl (C=S) groups is 1. The number of hydrogen-bond acceptors (Lipinski definition) is 8. The molecule has 36 heavy (non-hydrogen) atoms. The van der Waals surface area contributed by atoms with Crippen molar-refractivity contribution in [3.8, 4) is 5.69 Å². The van der Waals surface area contributed by atoms with E-state index < -0.39 is 10.0 Å². The van der Waals surface area contributed by atoms with E-state index in [0.29, 0.717) is 36.4 Å². The molecule has 2 aromatic rings. The monoisotopic (exact) mass is 547 g/mol. The van der Waals surface area contributed by atoms with Gasteiger partial charge in [0.2, 0.25) is 10.0 Å². The fourth-order valence-electron chi connectivity index (χ4n) is 4.87. The van der Waals surface area contributed by atoms with Crippen molar-refractivity contribution in [2.45, 2.75) is 31.6 Å². The summed E-state index contributed by atoms with van der Waals surface area (Å²) in [5, 5.41) is 5.60. The zero-order valence-corrected chi connectivity index (χ0v) is 22.8. The third-order valence-corrected chi connectivity index (χ3v) is 9.99. The zero-order chi connectivity index (χ0) is 25.4. The van der Waals surface area contributed by atoms with Gasteiger partial charge in [0.05, 0.1) is 41.5 Å². The molecule has 3 fully saturated rings. The third kappa shape index (κ3) is 4.72. The molecule has 192 valence electrons. The highest BCUT2D eigenvalue weighted by Crippen LogP contribution is 2.34. The van der Waals surface area contributed by atoms with Crippen LogP contribution in [0.5, 0.6) is 0 Å². The number of hydrogen-bond donors (Lipinski definition) is 0. The Balaban J connectivity index is 1.57. The Morgan fingerprint density at radius 3 is 2.44 bits per heavy atom. The molecule has 0 unspecified atom stereocenters. The lowest BCUT2D eigenvalue weighted by molar-refractivity contribution is -0.123. The predicted octanol–water partition coefficient (Wildman–Crippen LogP) is 2.91. The van der Waals surface area contributed by atoms with Crippen LogP contribution >= 0.6 is 24.0 Å². The molecular weight excluding hydrogens is 518 g/mol. The highest BCUT2D eigenvalue weighted by atomic mass is 32.2. The molecule has 3 aliphatic rings. The maximum atomic E-state index is 13.5. The van der Waals surface area contributed by atoms with Gasteiger partial charge in [0, 0.05) is 43.1 Å². The number of morpholine rings is 1. The van der Waals surface area contributed by atoms with Gasteiger partial charge in [-0.3, -0.25) is 4.79 Å². The molecule has 0 N–H and O–H groups in total. The average molecular weight is 548 g/mol. The van der Waals surface area contributed by atoms with Crippen molar-refractivity contribution >= 4 is 56.1 Å². The molecule has 0 aliphatic carbocycles. The lowest BCUT2D eigenvalue weighted by Crippen LogP contribution is -2.40. The van der Waals surface area contributed by atoms with Crippen molar-refractivity contribution < 1.29 is 17.9 Å². The number of hydrazone groups is 1. The van der Waals surface area contributed by atoms with E-state index in [1.165, 1.54) is 21.1 Å². The first-order valence-corrected chi connectivity index (χ1v) is 14.8. The number of carbonyl (C=O) groups is 1. The first-order valence-electron chi connectivity index (χ1n) is 12.0. The quantitative estimate of drug-likeness (QED) is 0.406. The standard InChI is InChI=1S/C24H29N5O4S3/c1-17-13-19(15-25-29-23(30)16-35-24(29)34)18(2)28(17)22-14-20(5-6-21(22)26-7-3-4-8-26)36(31,32)27-9-11-33-12-10-27/h5-6,13-15H,3-4,7-12,16H2,1-2H3. The molecule has 3 saturated heterocycles. The lowest BCUT2D eigenvalue weighted by atomic mass is 10.2. The van der Waals surface area contributed by atoms with Gasteiger partial charge >= 0.3 is 0 Å². The first kappa shape index (κ1) is 25.4. The first-order chi connectivity index (χ1) is 17.3. The summed E-state index contributed by atoms with van der Waals surface area (Å²) >= 11 is 6.53. The van der Waals surface area contributed by atoms with Crippen LogP contribution < -0.4 is 4.90 Å². The predicted molar refractivity (Wildman–Crippen MR) is 146 cm³/mol. The number of amides is 1. The van der Waals surface area contributed by atoms with E-state index in [2.05, 4.69) is 14.6 Å². The maximum Gasteiger partial charge on any atom is 0.259 e. The van der Waals surface area contributed by atoms with Gasteiger partial charge in [0.25, 0.3) is 5.91 Å². The molecule has 3 aliphatic heterocycles. The van der Waals surface area contributed by atoms with Crippen molar-refractivity contribution in [1.82, 2.24) is 13.9 Å². The van der Waals surface area contributed by atoms with Crippen LogP contribution in [-0.2, 0) is 19.6 Å². The Bertz CT molecular complexity index is 1310. The van der Waals surface area contributed by atoms with Gasteiger partial charge in [-0.2, -0.15) is 14.4 Å². The van der Waals surface area contributed by atoms with Crippen molar-refractivity contribution in [1.29, 1.82) is 0 Å². The summed E-state index contributed by atoms with van der Waals surface area (Å²) in [6.07, 6.45) is 3.87. The molecule has 0 spiro atoms. The fraction of sp³-hybridized carbons (Fsp3) is 0.458. The van der Waals surface area contributed by atoms with Crippen molar-refractivity contribution in [3.63, 3.8) is 0 Å². The zero-order valence-electron chi connectivity index (χ0n) is 20.3. The molecule has 0 bridgehead atoms. The van der Waals surface area contributed by atoms with Gasteiger partial charge < -0.3 is 14.2 Å². The lowest BCUT2D eigenvalue weighted by Gasteiger charge is -2.28. The van der Waals surface area contributed by atoms with Gasteiger partial charge in [-0.05, 0) is 51.0 Å². The van der Waals surface area contributed by atoms with Gasteiger partial charge in [0.15, 0.2) is 4.32 Å². The Hall–Kier alpha value is -2.25. The van der Waals surface area contributed by atoms with E-state index >= 15 is 0 Å². The van der Waals surface area contributed by atoms with Crippen LogP contribution in [0.15, 0.2) is 34.3 Å². The Kier molecular flexibility index (Phi) is 7.23. The molecule has 12 heteroatoms. The topological polar surface area (TPSA) is 87.5 Å². The summed E-state index contributed by atoms with van der Waals surface area (Å²) in [5.74, 6) is 0.172. The van der Waals surface area contributed by atoms with E-state index in [1.54, 1.807) is 18.3 Å². The van der Waals surface area contributed by atoms with E-state index in [4.69, 9.17) is 17.0 Å². The van der Waals surface area contributed by atoms with E-state index in [-0.39, 0.29) is 10.8 Å². The summed E-state index contributed by atoms with van der Waals surface area (Å²) < 4.78 is 36.3. The number of aromatic nitrogens is 1. The number of aryl methyl sites for hydroxylation is 1. The number of thioether (sulfide) groups is 1. The molecule has 0 atom stereocenters. The minimum atomic E-state index is -3.65. The van der Waals surface area contributed by atoms with E-state index in [0.717, 1.165) is 54.3 Å². The average Bonchev–Trinajstić information content (AvgIpc) is 3.58. The van der Waals surface area contributed by atoms with Crippen molar-refractivity contribution in [2.75, 3.05) is 50.0 Å². The third-order valence-electron chi connectivity index (χ3n) is 6.75. The number of carbonyl (C=O) groups excluding carboxylic acids is 1. The van der Waals surface area contributed by atoms with E-state index in [1.807, 2.05) is 26.0 Å². The molecule has 0 radical (unpaired) electrons. The van der Waals surface area contributed by atoms with Gasteiger partial charge in [-0.15, -0.1) is 0 Å². The molecule has 9 nitrogen and oxygen atoms in total. The Morgan fingerprint density at radius 2 is 1.78 bits per heavy atom. The van der Waals surface area contributed by atoms with E-state index in [9.17, 15) is 13.2 Å². The normalized spacial score (nSPS) is 19.8. The summed E-state index contributed by atoms with van der Waals surface area (Å²) in [4.78, 5) is 14.6. The van der Waals surface area contributed by atoms with Crippen molar-refractivity contribution in [3.05, 3.63) is 41.2 Å². The number of ether oxygens (including phenoxy) is 1. The van der Waals surface area contributed by atoms with Gasteiger partial charge in [0.1, 0.15) is 0 Å². The second-order valence-corrected chi connectivity index (χ2v) is 12.6. The largest absolute Gasteiger partial charge is 0.379 e. The Labute approximate surface area is 221 Å². The Morgan fingerprint density at radius 1 is 1.06 bits per heavy atom. The van der Waals surface area contributed by atoms with Crippen molar-refractivity contribution in [2.24, 2.45) is 5.10 Å². The highest BCUT2D eigenvalue weighted by Gasteiger charge is 2.29. The SMILES string of the molecule is Cc1cc(C=NN2C(=O)CSC2=S)c(C)n1-c1cc(S(=O)(=O)N2CCOCC2)ccc1N1CCCC1. The molecule has 5 rings (SSSR count). The molecule has 1 amide bonds. The number of sulfonamides is 1. The molecule has 4 heterocycles. The number of rotatable bonds is 6. The maximum absolute atomic E-state index is 13.5. The van der Waals surface area contributed by atoms with Crippen LogP contribution in [0.2, 0.25) is 0 Å². The second kappa shape index (κ2) is 10.3. The number of anilines is 1. The fourth-order valence-corrected chi connectivity index (χ4v) is 7.27. The van der Waals surface area contributed by atoms with Gasteiger partial charge in [-0.1, -0.05) is 24.0 Å². The number of nitrogens with zero attached hydrogens (tertiary/aromatic N) is 5. The second-order valence-electron chi connectivity index (χ2n) is 9.03. The van der Waals surface area contributed by atoms with Crippen LogP contribution in [0.3, 0.4) is 0 Å². The highest BCUT2D eigenvalue weighted by molar-refractivity contribution is 8.23. The van der Waals surface area contributed by atoms with Crippen LogP contribution in [0.4, 0.5) is 5.69 Å². The van der Waals surface area contributed by atoms with Gasteiger partial charge in [-0.25, -0.2) is 8.42 Å². The summed E-state index contributed by atoms with van der Waals surface area (Å²) in [5.41, 5.74) is 4.52.